The Balaban J connectivity index is 2.18. The molecule has 0 bridgehead atoms. The van der Waals surface area contributed by atoms with Gasteiger partial charge in [0.2, 0.25) is 11.6 Å². The summed E-state index contributed by atoms with van der Waals surface area (Å²) in [4.78, 5) is 11.9. The Kier molecular flexibility index (Phi) is 5.28. The van der Waals surface area contributed by atoms with Crippen LogP contribution in [0.15, 0.2) is 24.3 Å². The third kappa shape index (κ3) is 3.76. The van der Waals surface area contributed by atoms with E-state index in [4.69, 9.17) is 11.6 Å². The molecule has 24 heavy (non-hydrogen) atoms. The number of halogens is 6. The number of carbonyl (C=O) groups excluding carboxylic acids is 1. The number of rotatable bonds is 4. The molecule has 0 aromatic heterocycles. The third-order valence-corrected chi connectivity index (χ3v) is 3.24. The molecule has 3 nitrogen and oxygen atoms in total. The number of amides is 1. The van der Waals surface area contributed by atoms with Crippen LogP contribution in [-0.4, -0.2) is 12.0 Å². The molecule has 0 heterocycles. The largest absolute Gasteiger partial charge is 0.475 e. The number of hydrogen-bond donors (Lipinski definition) is 1. The summed E-state index contributed by atoms with van der Waals surface area (Å²) in [6.45, 7) is 1.09. The number of ether oxygens (including phenoxy) is 1. The second-order valence-corrected chi connectivity index (χ2v) is 5.08. The fourth-order valence-corrected chi connectivity index (χ4v) is 1.92. The molecule has 9 heteroatoms. The average molecular weight is 366 g/mol. The first-order valence-corrected chi connectivity index (χ1v) is 6.84. The van der Waals surface area contributed by atoms with Gasteiger partial charge in [-0.15, -0.1) is 0 Å². The fourth-order valence-electron chi connectivity index (χ4n) is 1.71. The van der Waals surface area contributed by atoms with E-state index in [1.807, 2.05) is 0 Å². The van der Waals surface area contributed by atoms with Gasteiger partial charge >= 0.3 is 0 Å². The van der Waals surface area contributed by atoms with Crippen molar-refractivity contribution in [3.63, 3.8) is 0 Å². The summed E-state index contributed by atoms with van der Waals surface area (Å²) in [5, 5.41) is 2.11. The third-order valence-electron chi connectivity index (χ3n) is 2.92. The van der Waals surface area contributed by atoms with Gasteiger partial charge in [0, 0.05) is 6.07 Å². The van der Waals surface area contributed by atoms with Crippen LogP contribution in [0.4, 0.5) is 27.6 Å². The predicted molar refractivity (Wildman–Crippen MR) is 76.4 cm³/mol. The van der Waals surface area contributed by atoms with Gasteiger partial charge in [0.15, 0.2) is 23.5 Å². The van der Waals surface area contributed by atoms with E-state index in [0.29, 0.717) is 0 Å². The summed E-state index contributed by atoms with van der Waals surface area (Å²) in [7, 11) is 0. The predicted octanol–water partition coefficient (Wildman–Crippen LogP) is 4.44. The topological polar surface area (TPSA) is 38.3 Å². The molecule has 0 radical (unpaired) electrons. The monoisotopic (exact) mass is 365 g/mol. The van der Waals surface area contributed by atoms with Crippen molar-refractivity contribution >= 4 is 23.2 Å². The van der Waals surface area contributed by atoms with E-state index in [9.17, 15) is 26.7 Å². The van der Waals surface area contributed by atoms with Crippen molar-refractivity contribution in [2.24, 2.45) is 0 Å². The molecule has 1 N–H and O–H groups in total. The lowest BCUT2D eigenvalue weighted by Gasteiger charge is -2.16. The molecule has 0 fully saturated rings. The minimum absolute atomic E-state index is 0.0144. The summed E-state index contributed by atoms with van der Waals surface area (Å²) >= 11 is 5.72. The summed E-state index contributed by atoms with van der Waals surface area (Å²) < 4.78 is 70.8. The van der Waals surface area contributed by atoms with Gasteiger partial charge in [-0.2, -0.15) is 8.78 Å². The van der Waals surface area contributed by atoms with Gasteiger partial charge in [-0.25, -0.2) is 13.2 Å². The van der Waals surface area contributed by atoms with Crippen LogP contribution in [0.5, 0.6) is 5.75 Å². The van der Waals surface area contributed by atoms with Crippen molar-refractivity contribution in [1.29, 1.82) is 0 Å². The lowest BCUT2D eigenvalue weighted by atomic mass is 10.2. The molecule has 2 aromatic rings. The van der Waals surface area contributed by atoms with Crippen LogP contribution in [0.1, 0.15) is 6.92 Å². The molecule has 2 rings (SSSR count). The first-order valence-electron chi connectivity index (χ1n) is 6.46. The van der Waals surface area contributed by atoms with E-state index >= 15 is 0 Å². The Morgan fingerprint density at radius 2 is 1.67 bits per heavy atom. The summed E-state index contributed by atoms with van der Waals surface area (Å²) in [5.74, 6) is -9.80. The maximum Gasteiger partial charge on any atom is 0.265 e. The van der Waals surface area contributed by atoms with Crippen LogP contribution < -0.4 is 10.1 Å². The summed E-state index contributed by atoms with van der Waals surface area (Å²) in [6, 6.07) is 3.13. The van der Waals surface area contributed by atoms with Crippen molar-refractivity contribution < 1.29 is 31.5 Å². The number of anilines is 1. The van der Waals surface area contributed by atoms with Gasteiger partial charge in [0.05, 0.1) is 10.7 Å². The molecule has 0 aliphatic carbocycles. The van der Waals surface area contributed by atoms with E-state index in [0.717, 1.165) is 25.1 Å². The van der Waals surface area contributed by atoms with Crippen molar-refractivity contribution in [2.45, 2.75) is 13.0 Å². The molecule has 0 spiro atoms. The van der Waals surface area contributed by atoms with Gasteiger partial charge < -0.3 is 10.1 Å². The summed E-state index contributed by atoms with van der Waals surface area (Å²) in [6.07, 6.45) is -1.53. The molecule has 1 atom stereocenters. The van der Waals surface area contributed by atoms with E-state index in [-0.39, 0.29) is 16.8 Å². The van der Waals surface area contributed by atoms with Gasteiger partial charge in [0.25, 0.3) is 5.91 Å². The van der Waals surface area contributed by atoms with Gasteiger partial charge in [-0.3, -0.25) is 4.79 Å². The first-order chi connectivity index (χ1) is 11.2. The maximum atomic E-state index is 13.5. The molecule has 1 amide bonds. The molecule has 0 aliphatic heterocycles. The van der Waals surface area contributed by atoms with Gasteiger partial charge in [-0.1, -0.05) is 11.6 Å². The van der Waals surface area contributed by atoms with E-state index in [1.54, 1.807) is 0 Å². The molecular formula is C15H9ClF5NO2. The van der Waals surface area contributed by atoms with Crippen molar-refractivity contribution in [1.82, 2.24) is 0 Å². The Labute approximate surface area is 138 Å². The molecule has 0 aliphatic rings. The number of nitrogens with one attached hydrogen (secondary N) is 1. The number of hydrogen-bond acceptors (Lipinski definition) is 2. The van der Waals surface area contributed by atoms with E-state index < -0.39 is 46.8 Å². The van der Waals surface area contributed by atoms with Crippen LogP contribution in [0.2, 0.25) is 5.02 Å². The highest BCUT2D eigenvalue weighted by atomic mass is 35.5. The first kappa shape index (κ1) is 18.0. The highest BCUT2D eigenvalue weighted by molar-refractivity contribution is 6.33. The minimum atomic E-state index is -1.77. The smallest absolute Gasteiger partial charge is 0.265 e. The van der Waals surface area contributed by atoms with Crippen LogP contribution >= 0.6 is 11.6 Å². The highest BCUT2D eigenvalue weighted by Crippen LogP contribution is 2.28. The quantitative estimate of drug-likeness (QED) is 0.642. The van der Waals surface area contributed by atoms with Crippen molar-refractivity contribution in [3.8, 4) is 5.75 Å². The zero-order chi connectivity index (χ0) is 18.0. The van der Waals surface area contributed by atoms with Gasteiger partial charge in [-0.05, 0) is 25.1 Å². The minimum Gasteiger partial charge on any atom is -0.475 e. The summed E-state index contributed by atoms with van der Waals surface area (Å²) in [5.41, 5.74) is 0.0184. The standard InChI is InChI=1S/C15H9ClF5NO2/c1-6(15(23)22-11-3-2-7(17)4-8(11)16)24-14-12(20)9(18)5-10(19)13(14)21/h2-6H,1H3,(H,22,23)/t6-/m0/s1. The van der Waals surface area contributed by atoms with Crippen molar-refractivity contribution in [2.75, 3.05) is 5.32 Å². The van der Waals surface area contributed by atoms with Crippen LogP contribution in [0.3, 0.4) is 0 Å². The number of benzene rings is 2. The normalized spacial score (nSPS) is 12.0. The molecule has 0 saturated carbocycles. The second-order valence-electron chi connectivity index (χ2n) is 4.67. The Bertz CT molecular complexity index is 774. The SMILES string of the molecule is C[C@H](Oc1c(F)c(F)cc(F)c1F)C(=O)Nc1ccc(F)cc1Cl. The van der Waals surface area contributed by atoms with Crippen LogP contribution in [0, 0.1) is 29.1 Å². The maximum absolute atomic E-state index is 13.5. The Morgan fingerprint density at radius 1 is 1.08 bits per heavy atom. The fraction of sp³-hybridized carbons (Fsp3) is 0.133. The molecule has 0 unspecified atom stereocenters. The second kappa shape index (κ2) is 7.04. The van der Waals surface area contributed by atoms with E-state index in [1.165, 1.54) is 0 Å². The molecule has 0 saturated heterocycles. The lowest BCUT2D eigenvalue weighted by molar-refractivity contribution is -0.122. The van der Waals surface area contributed by atoms with Crippen molar-refractivity contribution in [3.05, 3.63) is 58.4 Å². The zero-order valence-electron chi connectivity index (χ0n) is 12.0. The Morgan fingerprint density at radius 3 is 2.21 bits per heavy atom. The molecule has 2 aromatic carbocycles. The van der Waals surface area contributed by atoms with Gasteiger partial charge in [0.1, 0.15) is 5.82 Å². The molecular weight excluding hydrogens is 357 g/mol. The Hall–Kier alpha value is -2.35. The van der Waals surface area contributed by atoms with E-state index in [2.05, 4.69) is 10.1 Å². The highest BCUT2D eigenvalue weighted by Gasteiger charge is 2.25. The van der Waals surface area contributed by atoms with Crippen LogP contribution in [-0.2, 0) is 4.79 Å². The average Bonchev–Trinajstić information content (AvgIpc) is 2.52. The lowest BCUT2D eigenvalue weighted by Crippen LogP contribution is -2.31. The van der Waals surface area contributed by atoms with Crippen LogP contribution in [0.25, 0.3) is 0 Å². The molecule has 128 valence electrons. The number of carbonyl (C=O) groups is 1. The zero-order valence-corrected chi connectivity index (χ0v) is 12.7.